The summed E-state index contributed by atoms with van der Waals surface area (Å²) >= 11 is 1.16. The van der Waals surface area contributed by atoms with Gasteiger partial charge in [-0.2, -0.15) is 4.31 Å². The number of nitrogens with zero attached hydrogens (tertiary/aromatic N) is 4. The fraction of sp³-hybridized carbons (Fsp3) is 0.818. The van der Waals surface area contributed by atoms with E-state index >= 15 is 0 Å². The van der Waals surface area contributed by atoms with Gasteiger partial charge in [-0.25, -0.2) is 28.6 Å². The lowest BCUT2D eigenvalue weighted by Gasteiger charge is -2.30. The summed E-state index contributed by atoms with van der Waals surface area (Å²) in [5.41, 5.74) is 4.29. The van der Waals surface area contributed by atoms with Gasteiger partial charge in [-0.15, -0.1) is 0 Å². The number of nitrogens with one attached hydrogen (secondary N) is 2. The van der Waals surface area contributed by atoms with Crippen LogP contribution in [0.15, 0.2) is 12.7 Å². The Morgan fingerprint density at radius 3 is 2.03 bits per heavy atom. The van der Waals surface area contributed by atoms with Gasteiger partial charge in [0.15, 0.2) is 22.8 Å². The Labute approximate surface area is 426 Å². The Balaban J connectivity index is 1.26. The van der Waals surface area contributed by atoms with Crippen molar-refractivity contribution in [3.63, 3.8) is 0 Å². The molecule has 72 heavy (non-hydrogen) atoms. The maximum Gasteiger partial charge on any atom is 0.481 e. The number of imidazole rings is 1. The number of nitrogen functional groups attached to an aromatic ring is 1. The molecule has 1 fully saturated rings. The summed E-state index contributed by atoms with van der Waals surface area (Å²) in [7, 11) is -16.4. The van der Waals surface area contributed by atoms with Gasteiger partial charge in [-0.05, 0) is 12.3 Å². The molecule has 0 saturated carbocycles. The van der Waals surface area contributed by atoms with E-state index < -0.39 is 84.6 Å². The molecule has 2 aromatic heterocycles. The monoisotopic (exact) mass is 1100 g/mol. The summed E-state index contributed by atoms with van der Waals surface area (Å²) in [6.07, 6.45) is 16.8. The predicted molar refractivity (Wildman–Crippen MR) is 270 cm³/mol. The van der Waals surface area contributed by atoms with E-state index in [1.165, 1.54) is 117 Å². The molecule has 0 aliphatic carbocycles. The Morgan fingerprint density at radius 2 is 1.42 bits per heavy atom. The van der Waals surface area contributed by atoms with Crippen molar-refractivity contribution in [2.75, 3.05) is 37.8 Å². The van der Waals surface area contributed by atoms with Gasteiger partial charge in [0.2, 0.25) is 11.8 Å². The third-order valence-corrected chi connectivity index (χ3v) is 16.2. The van der Waals surface area contributed by atoms with E-state index in [0.29, 0.717) is 18.1 Å². The fourth-order valence-corrected chi connectivity index (χ4v) is 11.5. The zero-order valence-corrected chi connectivity index (χ0v) is 45.6. The molecule has 3 rings (SSSR count). The van der Waals surface area contributed by atoms with Gasteiger partial charge >= 0.3 is 23.5 Å². The zero-order chi connectivity index (χ0) is 53.4. The number of nitrogens with two attached hydrogens (primary N) is 1. The highest BCUT2D eigenvalue weighted by Gasteiger charge is 2.50. The van der Waals surface area contributed by atoms with Crippen molar-refractivity contribution in [1.29, 1.82) is 0 Å². The van der Waals surface area contributed by atoms with E-state index in [0.717, 1.165) is 41.8 Å². The molecule has 0 spiro atoms. The first-order chi connectivity index (χ1) is 33.9. The number of hydrogen-bond acceptors (Lipinski definition) is 18. The molecule has 0 aromatic carbocycles. The predicted octanol–water partition coefficient (Wildman–Crippen LogP) is 6.73. The summed E-state index contributed by atoms with van der Waals surface area (Å²) < 4.78 is 62.6. The minimum absolute atomic E-state index is 0.0342. The standard InChI is InChI=1S/C44H80N7O17P3S/c1-5-6-7-8-9-10-11-12-13-14-15-16-17-18-19-21-32(2)22-20-23-35(53)72-27-26-46-34(52)24-25-47-42(56)39(55)44(3,4)29-65-71(62,63)68-70(60,61)64-28-33-38(67-69(57,58)59)37(54)43(66-33)51-31-50-36-40(45)48-30-49-41(36)51/h30-33,37-39,43,54-55H,5-29H2,1-4H3,(H,46,52)(H,47,56)(H,60,61)(H,62,63)(H2,45,48,49)(H2,57,58,59). The topological polar surface area (TPSA) is 364 Å². The molecule has 2 amide bonds. The minimum Gasteiger partial charge on any atom is -0.386 e. The van der Waals surface area contributed by atoms with Gasteiger partial charge in [0.1, 0.15) is 36.3 Å². The molecular formula is C44H80N7O17P3S. The van der Waals surface area contributed by atoms with Crippen LogP contribution in [0.4, 0.5) is 5.82 Å². The number of unbranched alkanes of at least 4 members (excludes halogenated alkanes) is 14. The number of aliphatic hydroxyl groups excluding tert-OH is 2. The largest absolute Gasteiger partial charge is 0.481 e. The van der Waals surface area contributed by atoms with Crippen LogP contribution in [0.25, 0.3) is 11.2 Å². The van der Waals surface area contributed by atoms with E-state index in [1.807, 2.05) is 0 Å². The van der Waals surface area contributed by atoms with Crippen LogP contribution in [0.2, 0.25) is 0 Å². The molecule has 10 N–H and O–H groups in total. The number of aromatic nitrogens is 4. The molecule has 28 heteroatoms. The Bertz CT molecular complexity index is 2100. The number of ether oxygens (including phenoxy) is 1. The van der Waals surface area contributed by atoms with Crippen LogP contribution < -0.4 is 16.4 Å². The van der Waals surface area contributed by atoms with Crippen LogP contribution in [-0.2, 0) is 50.7 Å². The lowest BCUT2D eigenvalue weighted by atomic mass is 9.87. The molecule has 2 aromatic rings. The number of thioether (sulfide) groups is 1. The number of amides is 2. The second kappa shape index (κ2) is 32.2. The van der Waals surface area contributed by atoms with Crippen LogP contribution in [0.3, 0.4) is 0 Å². The molecule has 1 aliphatic rings. The van der Waals surface area contributed by atoms with Crippen LogP contribution in [-0.4, -0.2) is 123 Å². The smallest absolute Gasteiger partial charge is 0.386 e. The molecule has 414 valence electrons. The molecule has 24 nitrogen and oxygen atoms in total. The van der Waals surface area contributed by atoms with E-state index in [2.05, 4.69) is 48.3 Å². The van der Waals surface area contributed by atoms with Gasteiger partial charge < -0.3 is 50.9 Å². The highest BCUT2D eigenvalue weighted by molar-refractivity contribution is 8.13. The molecule has 8 unspecified atom stereocenters. The fourth-order valence-electron chi connectivity index (χ4n) is 7.97. The quantitative estimate of drug-likeness (QED) is 0.0247. The SMILES string of the molecule is CCCCCCCCCCCCCCCCCC(C)CCCC(=O)SCCNC(=O)CCNC(=O)C(O)C(C)(C)COP(=O)(O)OP(=O)(O)OCC1OC(n2cnc3c(N)ncnc32)C(O)C1OP(=O)(O)O. The van der Waals surface area contributed by atoms with Crippen molar-refractivity contribution < 1.29 is 80.5 Å². The summed E-state index contributed by atoms with van der Waals surface area (Å²) in [5.74, 6) is -0.443. The number of rotatable bonds is 39. The zero-order valence-electron chi connectivity index (χ0n) is 42.1. The Hall–Kier alpha value is -2.44. The van der Waals surface area contributed by atoms with Crippen molar-refractivity contribution >= 4 is 69.1 Å². The van der Waals surface area contributed by atoms with Gasteiger partial charge in [0, 0.05) is 37.1 Å². The van der Waals surface area contributed by atoms with Crippen molar-refractivity contribution in [3.05, 3.63) is 12.7 Å². The number of phosphoric ester groups is 3. The number of phosphoric acid groups is 3. The van der Waals surface area contributed by atoms with E-state index in [9.17, 15) is 57.9 Å². The van der Waals surface area contributed by atoms with Crippen molar-refractivity contribution in [3.8, 4) is 0 Å². The maximum atomic E-state index is 12.8. The van der Waals surface area contributed by atoms with E-state index in [1.54, 1.807) is 0 Å². The van der Waals surface area contributed by atoms with Crippen LogP contribution in [0, 0.1) is 11.3 Å². The van der Waals surface area contributed by atoms with E-state index in [4.69, 9.17) is 19.5 Å². The molecular weight excluding hydrogens is 1020 g/mol. The molecule has 1 saturated heterocycles. The van der Waals surface area contributed by atoms with Crippen molar-refractivity contribution in [2.24, 2.45) is 11.3 Å². The van der Waals surface area contributed by atoms with Gasteiger partial charge in [-0.1, -0.05) is 149 Å². The average Bonchev–Trinajstić information content (AvgIpc) is 3.87. The number of fused-ring (bicyclic) bond motifs is 1. The average molecular weight is 1100 g/mol. The summed E-state index contributed by atoms with van der Waals surface area (Å²) in [6.45, 7) is 5.09. The Morgan fingerprint density at radius 1 is 0.833 bits per heavy atom. The molecule has 3 heterocycles. The first kappa shape index (κ1) is 63.8. The van der Waals surface area contributed by atoms with Gasteiger partial charge in [-0.3, -0.25) is 32.5 Å². The number of carbonyl (C=O) groups is 3. The minimum atomic E-state index is -5.58. The third-order valence-electron chi connectivity index (χ3n) is 12.1. The van der Waals surface area contributed by atoms with Crippen LogP contribution in [0.1, 0.15) is 162 Å². The van der Waals surface area contributed by atoms with Crippen molar-refractivity contribution in [1.82, 2.24) is 30.2 Å². The second-order valence-electron chi connectivity index (χ2n) is 19.0. The highest BCUT2D eigenvalue weighted by Crippen LogP contribution is 2.61. The number of aliphatic hydroxyl groups is 2. The number of hydrogen-bond donors (Lipinski definition) is 9. The summed E-state index contributed by atoms with van der Waals surface area (Å²) in [6, 6.07) is 0. The lowest BCUT2D eigenvalue weighted by Crippen LogP contribution is -2.46. The maximum absolute atomic E-state index is 12.8. The summed E-state index contributed by atoms with van der Waals surface area (Å²) in [4.78, 5) is 88.7. The number of carbonyl (C=O) groups excluding carboxylic acids is 3. The van der Waals surface area contributed by atoms with Crippen molar-refractivity contribution in [2.45, 2.75) is 187 Å². The molecule has 8 atom stereocenters. The first-order valence-corrected chi connectivity index (χ1v) is 30.5. The molecule has 1 aliphatic heterocycles. The van der Waals surface area contributed by atoms with E-state index in [-0.39, 0.29) is 41.6 Å². The normalized spacial score (nSPS) is 20.0. The lowest BCUT2D eigenvalue weighted by molar-refractivity contribution is -0.137. The summed E-state index contributed by atoms with van der Waals surface area (Å²) in [5, 5.41) is 26.7. The van der Waals surface area contributed by atoms with Crippen LogP contribution in [0.5, 0.6) is 0 Å². The second-order valence-corrected chi connectivity index (χ2v) is 24.4. The molecule has 0 bridgehead atoms. The third kappa shape index (κ3) is 24.5. The first-order valence-electron chi connectivity index (χ1n) is 25.0. The van der Waals surface area contributed by atoms with Gasteiger partial charge in [0.05, 0.1) is 19.5 Å². The number of anilines is 1. The van der Waals surface area contributed by atoms with Gasteiger partial charge in [0.25, 0.3) is 0 Å². The Kier molecular flexibility index (Phi) is 28.6. The molecule has 0 radical (unpaired) electrons. The van der Waals surface area contributed by atoms with Crippen LogP contribution >= 0.6 is 35.2 Å². The highest BCUT2D eigenvalue weighted by atomic mass is 32.2.